The fourth-order valence-electron chi connectivity index (χ4n) is 0.895. The standard InChI is InChI=1S/C8H7F5N2/c9-7(10,8(11,12)13)5-1-2-6(3-14)15-4-5/h1-2,4H,3,14H2. The summed E-state index contributed by atoms with van der Waals surface area (Å²) < 4.78 is 61.1. The second-order valence-corrected chi connectivity index (χ2v) is 2.81. The highest BCUT2D eigenvalue weighted by Crippen LogP contribution is 2.43. The summed E-state index contributed by atoms with van der Waals surface area (Å²) in [4.78, 5) is 3.37. The maximum atomic E-state index is 12.7. The molecule has 0 fully saturated rings. The van der Waals surface area contributed by atoms with Gasteiger partial charge in [0.1, 0.15) is 0 Å². The van der Waals surface area contributed by atoms with E-state index in [1.165, 1.54) is 0 Å². The number of nitrogens with zero attached hydrogens (tertiary/aromatic N) is 1. The molecule has 0 amide bonds. The van der Waals surface area contributed by atoms with Crippen molar-refractivity contribution < 1.29 is 22.0 Å². The molecule has 1 rings (SSSR count). The zero-order valence-electron chi connectivity index (χ0n) is 7.35. The average molecular weight is 226 g/mol. The average Bonchev–Trinajstić information content (AvgIpc) is 2.16. The van der Waals surface area contributed by atoms with Crippen LogP contribution in [0.3, 0.4) is 0 Å². The summed E-state index contributed by atoms with van der Waals surface area (Å²) in [6.45, 7) is -0.0160. The Morgan fingerprint density at radius 1 is 1.13 bits per heavy atom. The van der Waals surface area contributed by atoms with Crippen LogP contribution in [0.5, 0.6) is 0 Å². The van der Waals surface area contributed by atoms with Crippen molar-refractivity contribution in [3.05, 3.63) is 29.6 Å². The van der Waals surface area contributed by atoms with Crippen LogP contribution in [0.1, 0.15) is 11.3 Å². The Labute approximate surface area is 81.9 Å². The molecule has 1 aromatic heterocycles. The van der Waals surface area contributed by atoms with E-state index in [1.807, 2.05) is 0 Å². The first-order valence-electron chi connectivity index (χ1n) is 3.89. The number of alkyl halides is 5. The molecule has 0 aliphatic rings. The third-order valence-corrected chi connectivity index (χ3v) is 1.75. The SMILES string of the molecule is NCc1ccc(C(F)(F)C(F)(F)F)cn1. The van der Waals surface area contributed by atoms with Gasteiger partial charge < -0.3 is 5.73 Å². The monoisotopic (exact) mass is 226 g/mol. The van der Waals surface area contributed by atoms with Crippen LogP contribution in [-0.4, -0.2) is 11.2 Å². The van der Waals surface area contributed by atoms with E-state index in [1.54, 1.807) is 0 Å². The summed E-state index contributed by atoms with van der Waals surface area (Å²) in [5.74, 6) is -4.88. The molecule has 1 aromatic rings. The topological polar surface area (TPSA) is 38.9 Å². The number of hydrogen-bond acceptors (Lipinski definition) is 2. The third-order valence-electron chi connectivity index (χ3n) is 1.75. The summed E-state index contributed by atoms with van der Waals surface area (Å²) in [6, 6.07) is 1.71. The minimum absolute atomic E-state index is 0.0160. The van der Waals surface area contributed by atoms with Gasteiger partial charge in [-0.1, -0.05) is 0 Å². The van der Waals surface area contributed by atoms with Crippen molar-refractivity contribution in [1.82, 2.24) is 4.98 Å². The van der Waals surface area contributed by atoms with Crippen LogP contribution in [0, 0.1) is 0 Å². The normalized spacial score (nSPS) is 12.9. The van der Waals surface area contributed by atoms with Crippen LogP contribution in [0.2, 0.25) is 0 Å². The van der Waals surface area contributed by atoms with Gasteiger partial charge in [0.25, 0.3) is 0 Å². The zero-order chi connectivity index (χ0) is 11.7. The molecule has 1 heterocycles. The van der Waals surface area contributed by atoms with Gasteiger partial charge in [-0.3, -0.25) is 4.98 Å². The number of aromatic nitrogens is 1. The first kappa shape index (κ1) is 11.8. The Bertz CT molecular complexity index is 330. The molecule has 84 valence electrons. The van der Waals surface area contributed by atoms with E-state index in [9.17, 15) is 22.0 Å². The Kier molecular flexibility index (Phi) is 2.94. The lowest BCUT2D eigenvalue weighted by molar-refractivity contribution is -0.289. The van der Waals surface area contributed by atoms with E-state index >= 15 is 0 Å². The third kappa shape index (κ3) is 2.23. The summed E-state index contributed by atoms with van der Waals surface area (Å²) in [5.41, 5.74) is 4.18. The molecule has 0 aliphatic carbocycles. The largest absolute Gasteiger partial charge is 0.458 e. The lowest BCUT2D eigenvalue weighted by Crippen LogP contribution is -2.33. The Morgan fingerprint density at radius 2 is 1.73 bits per heavy atom. The number of rotatable bonds is 2. The molecule has 0 aromatic carbocycles. The minimum Gasteiger partial charge on any atom is -0.325 e. The summed E-state index contributed by atoms with van der Waals surface area (Å²) in [7, 11) is 0. The van der Waals surface area contributed by atoms with Crippen LogP contribution in [-0.2, 0) is 12.5 Å². The highest BCUT2D eigenvalue weighted by Gasteiger charge is 2.58. The van der Waals surface area contributed by atoms with Crippen molar-refractivity contribution in [2.75, 3.05) is 0 Å². The maximum Gasteiger partial charge on any atom is 0.458 e. The van der Waals surface area contributed by atoms with Gasteiger partial charge >= 0.3 is 12.1 Å². The van der Waals surface area contributed by atoms with Gasteiger partial charge in [0.2, 0.25) is 0 Å². The molecular formula is C8H7F5N2. The predicted octanol–water partition coefficient (Wildman–Crippen LogP) is 2.19. The molecule has 7 heteroatoms. The van der Waals surface area contributed by atoms with Crippen LogP contribution in [0.25, 0.3) is 0 Å². The minimum atomic E-state index is -5.61. The molecule has 0 unspecified atom stereocenters. The Balaban J connectivity index is 3.06. The summed E-state index contributed by atoms with van der Waals surface area (Å²) in [6.07, 6.45) is -5.13. The Hall–Kier alpha value is -1.24. The van der Waals surface area contributed by atoms with Crippen molar-refractivity contribution in [2.24, 2.45) is 5.73 Å². The fourth-order valence-corrected chi connectivity index (χ4v) is 0.895. The quantitative estimate of drug-likeness (QED) is 0.785. The van der Waals surface area contributed by atoms with Crippen molar-refractivity contribution >= 4 is 0 Å². The first-order chi connectivity index (χ1) is 6.79. The number of nitrogens with two attached hydrogens (primary N) is 1. The molecule has 2 nitrogen and oxygen atoms in total. The van der Waals surface area contributed by atoms with E-state index in [0.29, 0.717) is 12.3 Å². The lowest BCUT2D eigenvalue weighted by atomic mass is 10.1. The zero-order valence-corrected chi connectivity index (χ0v) is 7.35. The van der Waals surface area contributed by atoms with E-state index < -0.39 is 17.7 Å². The fraction of sp³-hybridized carbons (Fsp3) is 0.375. The smallest absolute Gasteiger partial charge is 0.325 e. The Morgan fingerprint density at radius 3 is 2.07 bits per heavy atom. The van der Waals surface area contributed by atoms with E-state index in [2.05, 4.69) is 4.98 Å². The van der Waals surface area contributed by atoms with Crippen molar-refractivity contribution in [2.45, 2.75) is 18.6 Å². The number of pyridine rings is 1. The second-order valence-electron chi connectivity index (χ2n) is 2.81. The second kappa shape index (κ2) is 3.73. The summed E-state index contributed by atoms with van der Waals surface area (Å²) >= 11 is 0. The predicted molar refractivity (Wildman–Crippen MR) is 42.1 cm³/mol. The van der Waals surface area contributed by atoms with Crippen molar-refractivity contribution in [3.63, 3.8) is 0 Å². The molecule has 0 spiro atoms. The van der Waals surface area contributed by atoms with Gasteiger partial charge in [0.05, 0.1) is 5.69 Å². The van der Waals surface area contributed by atoms with Gasteiger partial charge in [-0.15, -0.1) is 0 Å². The maximum absolute atomic E-state index is 12.7. The molecule has 0 saturated heterocycles. The van der Waals surface area contributed by atoms with Crippen LogP contribution >= 0.6 is 0 Å². The molecule has 0 aliphatic heterocycles. The number of halogens is 5. The highest BCUT2D eigenvalue weighted by atomic mass is 19.4. The summed E-state index contributed by atoms with van der Waals surface area (Å²) in [5, 5.41) is 0. The lowest BCUT2D eigenvalue weighted by Gasteiger charge is -2.19. The number of hydrogen-bond donors (Lipinski definition) is 1. The van der Waals surface area contributed by atoms with Crippen LogP contribution in [0.15, 0.2) is 18.3 Å². The molecule has 15 heavy (non-hydrogen) atoms. The molecule has 0 radical (unpaired) electrons. The van der Waals surface area contributed by atoms with Gasteiger partial charge in [-0.05, 0) is 12.1 Å². The van der Waals surface area contributed by atoms with Gasteiger partial charge in [0.15, 0.2) is 0 Å². The molecule has 0 bridgehead atoms. The van der Waals surface area contributed by atoms with Crippen LogP contribution < -0.4 is 5.73 Å². The molecule has 0 saturated carbocycles. The van der Waals surface area contributed by atoms with Gasteiger partial charge in [-0.2, -0.15) is 22.0 Å². The van der Waals surface area contributed by atoms with E-state index in [4.69, 9.17) is 5.73 Å². The first-order valence-corrected chi connectivity index (χ1v) is 3.89. The molecule has 0 atom stereocenters. The van der Waals surface area contributed by atoms with Gasteiger partial charge in [-0.25, -0.2) is 0 Å². The van der Waals surface area contributed by atoms with E-state index in [-0.39, 0.29) is 12.2 Å². The van der Waals surface area contributed by atoms with Crippen LogP contribution in [0.4, 0.5) is 22.0 Å². The van der Waals surface area contributed by atoms with Crippen molar-refractivity contribution in [3.8, 4) is 0 Å². The molecular weight excluding hydrogens is 219 g/mol. The highest BCUT2D eigenvalue weighted by molar-refractivity contribution is 5.20. The van der Waals surface area contributed by atoms with Crippen molar-refractivity contribution in [1.29, 1.82) is 0 Å². The molecule has 2 N–H and O–H groups in total. The van der Waals surface area contributed by atoms with E-state index in [0.717, 1.165) is 6.07 Å². The van der Waals surface area contributed by atoms with Gasteiger partial charge in [0, 0.05) is 18.3 Å².